The molecular weight excluding hydrogens is 310 g/mol. The van der Waals surface area contributed by atoms with Crippen LogP contribution in [-0.4, -0.2) is 24.8 Å². The number of halogens is 1. The summed E-state index contributed by atoms with van der Waals surface area (Å²) in [5.74, 6) is 0. The maximum Gasteiger partial charge on any atom is 0.245 e. The summed E-state index contributed by atoms with van der Waals surface area (Å²) < 4.78 is 26.3. The number of nitrogen functional groups attached to an aromatic ring is 1. The van der Waals surface area contributed by atoms with Crippen molar-refractivity contribution in [1.82, 2.24) is 9.29 Å². The minimum absolute atomic E-state index is 0.00477. The van der Waals surface area contributed by atoms with E-state index in [1.165, 1.54) is 23.5 Å². The average molecular weight is 326 g/mol. The highest BCUT2D eigenvalue weighted by Crippen LogP contribution is 2.25. The van der Waals surface area contributed by atoms with Gasteiger partial charge in [-0.3, -0.25) is 4.98 Å². The molecule has 0 spiro atoms. The lowest BCUT2D eigenvalue weighted by Crippen LogP contribution is -2.27. The molecule has 112 valence electrons. The van der Waals surface area contributed by atoms with Gasteiger partial charge in [0.2, 0.25) is 10.0 Å². The van der Waals surface area contributed by atoms with Crippen molar-refractivity contribution >= 4 is 27.3 Å². The molecule has 21 heavy (non-hydrogen) atoms. The van der Waals surface area contributed by atoms with Gasteiger partial charge >= 0.3 is 0 Å². The first-order valence-corrected chi connectivity index (χ1v) is 8.06. The molecule has 0 unspecified atom stereocenters. The average Bonchev–Trinajstić information content (AvgIpc) is 2.41. The quantitative estimate of drug-likeness (QED) is 0.876. The van der Waals surface area contributed by atoms with Crippen molar-refractivity contribution in [2.45, 2.75) is 18.4 Å². The first-order chi connectivity index (χ1) is 9.80. The number of hydrogen-bond donors (Lipinski definition) is 1. The van der Waals surface area contributed by atoms with Crippen molar-refractivity contribution in [1.29, 1.82) is 0 Å². The van der Waals surface area contributed by atoms with Gasteiger partial charge in [0.15, 0.2) is 0 Å². The third-order valence-electron chi connectivity index (χ3n) is 2.99. The summed E-state index contributed by atoms with van der Waals surface area (Å²) in [5, 5.41) is 0.324. The van der Waals surface area contributed by atoms with Crippen LogP contribution in [0.25, 0.3) is 0 Å². The van der Waals surface area contributed by atoms with E-state index in [9.17, 15) is 8.42 Å². The van der Waals surface area contributed by atoms with Gasteiger partial charge in [0, 0.05) is 17.8 Å². The number of rotatable bonds is 4. The Morgan fingerprint density at radius 1 is 1.29 bits per heavy atom. The van der Waals surface area contributed by atoms with E-state index in [-0.39, 0.29) is 17.1 Å². The zero-order chi connectivity index (χ0) is 15.6. The predicted octanol–water partition coefficient (Wildman–Crippen LogP) is 2.45. The Bertz CT molecular complexity index is 763. The summed E-state index contributed by atoms with van der Waals surface area (Å²) in [6.07, 6.45) is 0. The normalized spacial score (nSPS) is 11.8. The molecule has 0 aliphatic carbocycles. The highest BCUT2D eigenvalue weighted by atomic mass is 35.5. The van der Waals surface area contributed by atoms with Gasteiger partial charge in [0.1, 0.15) is 4.90 Å². The van der Waals surface area contributed by atoms with Crippen LogP contribution in [0.2, 0.25) is 5.02 Å². The van der Waals surface area contributed by atoms with Crippen LogP contribution < -0.4 is 5.73 Å². The number of aromatic nitrogens is 1. The Morgan fingerprint density at radius 2 is 2.00 bits per heavy atom. The molecule has 1 aromatic carbocycles. The summed E-state index contributed by atoms with van der Waals surface area (Å²) in [6, 6.07) is 9.86. The van der Waals surface area contributed by atoms with Gasteiger partial charge in [0.05, 0.1) is 17.9 Å². The molecule has 0 saturated heterocycles. The zero-order valence-corrected chi connectivity index (χ0v) is 13.3. The monoisotopic (exact) mass is 325 g/mol. The molecule has 0 saturated carbocycles. The van der Waals surface area contributed by atoms with Crippen LogP contribution in [0.4, 0.5) is 5.69 Å². The van der Waals surface area contributed by atoms with Crippen LogP contribution >= 0.6 is 11.6 Å². The molecule has 1 heterocycles. The molecule has 7 heteroatoms. The second-order valence-electron chi connectivity index (χ2n) is 4.71. The van der Waals surface area contributed by atoms with Gasteiger partial charge in [-0.2, -0.15) is 4.31 Å². The van der Waals surface area contributed by atoms with Gasteiger partial charge in [-0.05, 0) is 37.3 Å². The lowest BCUT2D eigenvalue weighted by atomic mass is 10.3. The highest BCUT2D eigenvalue weighted by molar-refractivity contribution is 7.89. The van der Waals surface area contributed by atoms with Gasteiger partial charge in [-0.1, -0.05) is 17.7 Å². The molecular formula is C14H16ClN3O2S. The first kappa shape index (κ1) is 15.8. The largest absolute Gasteiger partial charge is 0.398 e. The number of pyridine rings is 1. The van der Waals surface area contributed by atoms with Crippen LogP contribution in [0, 0.1) is 6.92 Å². The molecule has 5 nitrogen and oxygen atoms in total. The molecule has 0 aliphatic heterocycles. The molecule has 1 aromatic heterocycles. The number of benzene rings is 1. The smallest absolute Gasteiger partial charge is 0.245 e. The predicted molar refractivity (Wildman–Crippen MR) is 83.5 cm³/mol. The van der Waals surface area contributed by atoms with Crippen molar-refractivity contribution in [3.8, 4) is 0 Å². The van der Waals surface area contributed by atoms with E-state index >= 15 is 0 Å². The zero-order valence-electron chi connectivity index (χ0n) is 11.7. The van der Waals surface area contributed by atoms with Crippen LogP contribution in [0.3, 0.4) is 0 Å². The summed E-state index contributed by atoms with van der Waals surface area (Å²) in [6.45, 7) is 2.02. The Balaban J connectivity index is 2.33. The maximum absolute atomic E-state index is 12.6. The molecule has 2 aromatic rings. The fraction of sp³-hybridized carbons (Fsp3) is 0.214. The Hall–Kier alpha value is -1.63. The van der Waals surface area contributed by atoms with E-state index < -0.39 is 10.0 Å². The SMILES string of the molecule is Cc1cccc(CN(C)S(=O)(=O)c2cc(Cl)ccc2N)n1. The number of anilines is 1. The fourth-order valence-electron chi connectivity index (χ4n) is 1.90. The number of nitrogens with zero attached hydrogens (tertiary/aromatic N) is 2. The van der Waals surface area contributed by atoms with Gasteiger partial charge in [-0.25, -0.2) is 8.42 Å². The number of sulfonamides is 1. The van der Waals surface area contributed by atoms with E-state index in [1.807, 2.05) is 19.1 Å². The minimum atomic E-state index is -3.72. The number of aryl methyl sites for hydroxylation is 1. The van der Waals surface area contributed by atoms with Gasteiger partial charge in [-0.15, -0.1) is 0 Å². The lowest BCUT2D eigenvalue weighted by molar-refractivity contribution is 0.462. The van der Waals surface area contributed by atoms with E-state index in [0.717, 1.165) is 5.69 Å². The minimum Gasteiger partial charge on any atom is -0.398 e. The summed E-state index contributed by atoms with van der Waals surface area (Å²) >= 11 is 5.86. The topological polar surface area (TPSA) is 76.3 Å². The van der Waals surface area contributed by atoms with Crippen LogP contribution in [0.5, 0.6) is 0 Å². The molecule has 2 N–H and O–H groups in total. The second kappa shape index (κ2) is 6.01. The third-order valence-corrected chi connectivity index (χ3v) is 5.09. The van der Waals surface area contributed by atoms with Crippen molar-refractivity contribution in [2.75, 3.05) is 12.8 Å². The Labute approximate surface area is 129 Å². The van der Waals surface area contributed by atoms with E-state index in [4.69, 9.17) is 17.3 Å². The number of hydrogen-bond acceptors (Lipinski definition) is 4. The molecule has 0 amide bonds. The summed E-state index contributed by atoms with van der Waals surface area (Å²) in [7, 11) is -2.23. The molecule has 0 aliphatic rings. The van der Waals surface area contributed by atoms with Crippen molar-refractivity contribution in [2.24, 2.45) is 0 Å². The second-order valence-corrected chi connectivity index (χ2v) is 7.16. The standard InChI is InChI=1S/C14H16ClN3O2S/c1-10-4-3-5-12(17-10)9-18(2)21(19,20)14-8-11(15)6-7-13(14)16/h3-8H,9,16H2,1-2H3. The molecule has 0 fully saturated rings. The van der Waals surface area contributed by atoms with Crippen molar-refractivity contribution in [3.63, 3.8) is 0 Å². The van der Waals surface area contributed by atoms with E-state index in [2.05, 4.69) is 4.98 Å². The Morgan fingerprint density at radius 3 is 2.67 bits per heavy atom. The molecule has 2 rings (SSSR count). The van der Waals surface area contributed by atoms with Crippen LogP contribution in [-0.2, 0) is 16.6 Å². The van der Waals surface area contributed by atoms with Gasteiger partial charge < -0.3 is 5.73 Å². The van der Waals surface area contributed by atoms with Crippen LogP contribution in [0.1, 0.15) is 11.4 Å². The summed E-state index contributed by atoms with van der Waals surface area (Å²) in [4.78, 5) is 4.30. The molecule has 0 bridgehead atoms. The third kappa shape index (κ3) is 3.53. The lowest BCUT2D eigenvalue weighted by Gasteiger charge is -2.18. The molecule has 0 atom stereocenters. The number of nitrogens with two attached hydrogens (primary N) is 1. The highest BCUT2D eigenvalue weighted by Gasteiger charge is 2.24. The van der Waals surface area contributed by atoms with E-state index in [0.29, 0.717) is 10.7 Å². The summed E-state index contributed by atoms with van der Waals surface area (Å²) in [5.41, 5.74) is 7.42. The van der Waals surface area contributed by atoms with E-state index in [1.54, 1.807) is 12.1 Å². The van der Waals surface area contributed by atoms with Crippen LogP contribution in [0.15, 0.2) is 41.3 Å². The van der Waals surface area contributed by atoms with Crippen molar-refractivity contribution in [3.05, 3.63) is 52.8 Å². The van der Waals surface area contributed by atoms with Crippen molar-refractivity contribution < 1.29 is 8.42 Å². The fourth-order valence-corrected chi connectivity index (χ4v) is 3.42. The van der Waals surface area contributed by atoms with Gasteiger partial charge in [0.25, 0.3) is 0 Å². The maximum atomic E-state index is 12.6. The Kier molecular flexibility index (Phi) is 4.51. The first-order valence-electron chi connectivity index (χ1n) is 6.24. The molecule has 0 radical (unpaired) electrons.